The molecule has 0 aliphatic carbocycles. The summed E-state index contributed by atoms with van der Waals surface area (Å²) >= 11 is 0. The molecular formula is C19H26O2. The van der Waals surface area contributed by atoms with E-state index >= 15 is 0 Å². The summed E-state index contributed by atoms with van der Waals surface area (Å²) in [6.07, 6.45) is 8.75. The highest BCUT2D eigenvalue weighted by Gasteiger charge is 1.97. The number of Topliss-reactive ketones (excluding diaryl/α,β-unsaturated/α-hetero) is 1. The van der Waals surface area contributed by atoms with Crippen LogP contribution in [0.2, 0.25) is 0 Å². The zero-order chi connectivity index (χ0) is 15.6. The number of unbranched alkanes of at least 4 members (excludes halogenated alkanes) is 5. The van der Waals surface area contributed by atoms with E-state index in [9.17, 15) is 4.79 Å². The minimum absolute atomic E-state index is 0.0749. The summed E-state index contributed by atoms with van der Waals surface area (Å²) in [5, 5.41) is 8.56. The Kier molecular flexibility index (Phi) is 15.0. The topological polar surface area (TPSA) is 37.3 Å². The zero-order valence-electron chi connectivity index (χ0n) is 13.1. The van der Waals surface area contributed by atoms with Crippen molar-refractivity contribution in [3.8, 4) is 35.5 Å². The minimum atomic E-state index is -0.332. The van der Waals surface area contributed by atoms with Crippen LogP contribution in [-0.2, 0) is 4.79 Å². The van der Waals surface area contributed by atoms with Gasteiger partial charge in [0.1, 0.15) is 6.61 Å². The lowest BCUT2D eigenvalue weighted by Gasteiger charge is -1.95. The number of carbonyl (C=O) groups excluding carboxylic acids is 1. The molecule has 0 fully saturated rings. The van der Waals surface area contributed by atoms with Gasteiger partial charge in [-0.1, -0.05) is 43.4 Å². The van der Waals surface area contributed by atoms with E-state index in [4.69, 9.17) is 5.11 Å². The van der Waals surface area contributed by atoms with Gasteiger partial charge in [-0.05, 0) is 19.3 Å². The third kappa shape index (κ3) is 16.3. The van der Waals surface area contributed by atoms with E-state index in [0.717, 1.165) is 32.1 Å². The maximum Gasteiger partial charge on any atom is 0.158 e. The molecular weight excluding hydrogens is 260 g/mol. The van der Waals surface area contributed by atoms with Crippen molar-refractivity contribution in [2.45, 2.75) is 71.1 Å². The highest BCUT2D eigenvalue weighted by Crippen LogP contribution is 2.02. The molecule has 2 nitrogen and oxygen atoms in total. The Morgan fingerprint density at radius 2 is 1.38 bits per heavy atom. The molecule has 0 saturated carbocycles. The van der Waals surface area contributed by atoms with Gasteiger partial charge in [0, 0.05) is 19.3 Å². The van der Waals surface area contributed by atoms with Crippen molar-refractivity contribution in [2.24, 2.45) is 0 Å². The molecule has 1 N–H and O–H groups in total. The molecule has 0 aromatic heterocycles. The normalized spacial score (nSPS) is 8.67. The van der Waals surface area contributed by atoms with Gasteiger partial charge in [0.2, 0.25) is 0 Å². The Bertz CT molecular complexity index is 443. The number of aliphatic hydroxyl groups is 1. The lowest BCUT2D eigenvalue weighted by molar-refractivity contribution is -0.121. The number of rotatable bonds is 8. The molecule has 0 aliphatic rings. The third-order valence-electron chi connectivity index (χ3n) is 2.82. The summed E-state index contributed by atoms with van der Waals surface area (Å²) in [5.41, 5.74) is 0. The molecule has 2 heteroatoms. The van der Waals surface area contributed by atoms with Gasteiger partial charge in [0.05, 0.1) is 12.8 Å². The van der Waals surface area contributed by atoms with E-state index < -0.39 is 0 Å². The lowest BCUT2D eigenvalue weighted by Crippen LogP contribution is -2.02. The first-order valence-electron chi connectivity index (χ1n) is 7.81. The predicted octanol–water partition coefficient (Wildman–Crippen LogP) is 3.48. The Morgan fingerprint density at radius 3 is 1.95 bits per heavy atom. The van der Waals surface area contributed by atoms with Crippen molar-refractivity contribution in [1.29, 1.82) is 0 Å². The fourth-order valence-electron chi connectivity index (χ4n) is 1.57. The van der Waals surface area contributed by atoms with Gasteiger partial charge in [-0.25, -0.2) is 0 Å². The second kappa shape index (κ2) is 16.4. The van der Waals surface area contributed by atoms with Crippen LogP contribution in [0.5, 0.6) is 0 Å². The summed E-state index contributed by atoms with van der Waals surface area (Å²) in [5.74, 6) is 18.2. The molecule has 0 aliphatic heterocycles. The van der Waals surface area contributed by atoms with Crippen molar-refractivity contribution in [2.75, 3.05) is 6.61 Å². The van der Waals surface area contributed by atoms with Crippen LogP contribution in [0.1, 0.15) is 71.1 Å². The first-order valence-corrected chi connectivity index (χ1v) is 7.81. The smallest absolute Gasteiger partial charge is 0.158 e. The molecule has 0 aromatic carbocycles. The summed E-state index contributed by atoms with van der Waals surface area (Å²) in [4.78, 5) is 10.8. The fourth-order valence-corrected chi connectivity index (χ4v) is 1.57. The molecule has 0 atom stereocenters. The third-order valence-corrected chi connectivity index (χ3v) is 2.82. The van der Waals surface area contributed by atoms with Crippen LogP contribution in [0.4, 0.5) is 0 Å². The van der Waals surface area contributed by atoms with E-state index in [1.54, 1.807) is 0 Å². The Balaban J connectivity index is 3.45. The fraction of sp³-hybridized carbons (Fsp3) is 0.632. The van der Waals surface area contributed by atoms with Gasteiger partial charge in [-0.3, -0.25) is 4.79 Å². The summed E-state index contributed by atoms with van der Waals surface area (Å²) < 4.78 is 0. The number of carbonyl (C=O) groups is 1. The van der Waals surface area contributed by atoms with Crippen LogP contribution in [0.15, 0.2) is 0 Å². The zero-order valence-corrected chi connectivity index (χ0v) is 13.1. The monoisotopic (exact) mass is 286 g/mol. The summed E-state index contributed by atoms with van der Waals surface area (Å²) in [6.45, 7) is 1.83. The Morgan fingerprint density at radius 1 is 0.810 bits per heavy atom. The molecule has 21 heavy (non-hydrogen) atoms. The lowest BCUT2D eigenvalue weighted by atomic mass is 10.1. The SMILES string of the molecule is CCCCC#CCC#CCC#CCCCCCC(=O)CO. The molecule has 0 unspecified atom stereocenters. The molecule has 0 aromatic rings. The Labute approximate surface area is 129 Å². The minimum Gasteiger partial charge on any atom is -0.389 e. The molecule has 0 heterocycles. The maximum absolute atomic E-state index is 10.8. The predicted molar refractivity (Wildman–Crippen MR) is 87.3 cm³/mol. The van der Waals surface area contributed by atoms with Crippen molar-refractivity contribution in [1.82, 2.24) is 0 Å². The first-order chi connectivity index (χ1) is 10.3. The van der Waals surface area contributed by atoms with Crippen molar-refractivity contribution < 1.29 is 9.90 Å². The van der Waals surface area contributed by atoms with Crippen molar-refractivity contribution >= 4 is 5.78 Å². The van der Waals surface area contributed by atoms with Crippen LogP contribution < -0.4 is 0 Å². The summed E-state index contributed by atoms with van der Waals surface area (Å²) in [7, 11) is 0. The van der Waals surface area contributed by atoms with E-state index in [0.29, 0.717) is 19.3 Å². The first kappa shape index (κ1) is 19.3. The van der Waals surface area contributed by atoms with E-state index in [-0.39, 0.29) is 12.4 Å². The molecule has 0 amide bonds. The number of ketones is 1. The van der Waals surface area contributed by atoms with E-state index in [1.807, 2.05) is 0 Å². The number of hydrogen-bond acceptors (Lipinski definition) is 2. The highest BCUT2D eigenvalue weighted by molar-refractivity contribution is 5.79. The van der Waals surface area contributed by atoms with Gasteiger partial charge >= 0.3 is 0 Å². The van der Waals surface area contributed by atoms with Crippen LogP contribution in [-0.4, -0.2) is 17.5 Å². The number of aliphatic hydroxyl groups excluding tert-OH is 1. The van der Waals surface area contributed by atoms with Crippen LogP contribution in [0.3, 0.4) is 0 Å². The van der Waals surface area contributed by atoms with Gasteiger partial charge in [0.15, 0.2) is 5.78 Å². The van der Waals surface area contributed by atoms with Gasteiger partial charge in [-0.2, -0.15) is 0 Å². The number of hydrogen-bond donors (Lipinski definition) is 1. The second-order valence-electron chi connectivity index (χ2n) is 4.78. The van der Waals surface area contributed by atoms with E-state index in [1.165, 1.54) is 12.8 Å². The van der Waals surface area contributed by atoms with E-state index in [2.05, 4.69) is 42.4 Å². The molecule has 0 spiro atoms. The van der Waals surface area contributed by atoms with Crippen LogP contribution in [0.25, 0.3) is 0 Å². The molecule has 0 rings (SSSR count). The van der Waals surface area contributed by atoms with Gasteiger partial charge in [-0.15, -0.1) is 11.8 Å². The highest BCUT2D eigenvalue weighted by atomic mass is 16.3. The average molecular weight is 286 g/mol. The largest absolute Gasteiger partial charge is 0.389 e. The molecule has 114 valence electrons. The molecule has 0 saturated heterocycles. The van der Waals surface area contributed by atoms with Gasteiger partial charge < -0.3 is 5.11 Å². The maximum atomic E-state index is 10.8. The van der Waals surface area contributed by atoms with Gasteiger partial charge in [0.25, 0.3) is 0 Å². The quantitative estimate of drug-likeness (QED) is 0.548. The average Bonchev–Trinajstić information content (AvgIpc) is 2.50. The molecule has 0 radical (unpaired) electrons. The Hall–Kier alpha value is -1.69. The van der Waals surface area contributed by atoms with Crippen molar-refractivity contribution in [3.63, 3.8) is 0 Å². The summed E-state index contributed by atoms with van der Waals surface area (Å²) in [6, 6.07) is 0. The standard InChI is InChI=1S/C19H26O2/c1-2-3-4-5-6-7-8-9-10-11-12-13-14-15-16-17-19(21)18-20/h20H,2-4,7,10,13-18H2,1H3. The van der Waals surface area contributed by atoms with Crippen molar-refractivity contribution in [3.05, 3.63) is 0 Å². The van der Waals surface area contributed by atoms with Crippen LogP contribution in [0, 0.1) is 35.5 Å². The van der Waals surface area contributed by atoms with Crippen LogP contribution >= 0.6 is 0 Å². The second-order valence-corrected chi connectivity index (χ2v) is 4.78. The molecule has 0 bridgehead atoms.